The lowest BCUT2D eigenvalue weighted by atomic mass is 10.1. The van der Waals surface area contributed by atoms with E-state index in [1.165, 1.54) is 29.7 Å². The van der Waals surface area contributed by atoms with Gasteiger partial charge in [-0.25, -0.2) is 9.37 Å². The van der Waals surface area contributed by atoms with E-state index in [9.17, 15) is 14.0 Å². The number of rotatable bonds is 2. The summed E-state index contributed by atoms with van der Waals surface area (Å²) in [6, 6.07) is 3.82. The number of fused-ring (bicyclic) bond motifs is 1. The van der Waals surface area contributed by atoms with E-state index in [2.05, 4.69) is 15.3 Å². The molecule has 3 aromatic rings. The van der Waals surface area contributed by atoms with Crippen LogP contribution in [0.25, 0.3) is 10.9 Å². The Bertz CT molecular complexity index is 926. The molecule has 0 atom stereocenters. The SMILES string of the molecule is Cc1nc(NC(=O)c2c[nH]c3ccc(F)cc3c2=O)sc1C. The molecular formula is C15H12FN3O2S. The van der Waals surface area contributed by atoms with Gasteiger partial charge in [-0.3, -0.25) is 14.9 Å². The second-order valence-corrected chi connectivity index (χ2v) is 6.04. The molecular weight excluding hydrogens is 305 g/mol. The maximum absolute atomic E-state index is 13.3. The fraction of sp³-hybridized carbons (Fsp3) is 0.133. The van der Waals surface area contributed by atoms with E-state index in [1.54, 1.807) is 0 Å². The zero-order chi connectivity index (χ0) is 15.9. The van der Waals surface area contributed by atoms with Crippen molar-refractivity contribution in [1.29, 1.82) is 0 Å². The van der Waals surface area contributed by atoms with Crippen LogP contribution < -0.4 is 10.7 Å². The number of H-pyrrole nitrogens is 1. The summed E-state index contributed by atoms with van der Waals surface area (Å²) in [6.45, 7) is 3.74. The van der Waals surface area contributed by atoms with Crippen LogP contribution in [0.3, 0.4) is 0 Å². The largest absolute Gasteiger partial charge is 0.360 e. The van der Waals surface area contributed by atoms with E-state index in [-0.39, 0.29) is 10.9 Å². The van der Waals surface area contributed by atoms with E-state index in [4.69, 9.17) is 0 Å². The number of anilines is 1. The van der Waals surface area contributed by atoms with Crippen molar-refractivity contribution in [3.05, 3.63) is 56.6 Å². The van der Waals surface area contributed by atoms with Gasteiger partial charge in [0, 0.05) is 22.0 Å². The Kier molecular flexibility index (Phi) is 3.50. The molecule has 112 valence electrons. The molecule has 0 saturated heterocycles. The lowest BCUT2D eigenvalue weighted by Gasteiger charge is -2.03. The molecule has 2 aromatic heterocycles. The van der Waals surface area contributed by atoms with Crippen LogP contribution in [0.2, 0.25) is 0 Å². The lowest BCUT2D eigenvalue weighted by Crippen LogP contribution is -2.22. The van der Waals surface area contributed by atoms with Crippen LogP contribution in [0.15, 0.2) is 29.2 Å². The number of aromatic amines is 1. The summed E-state index contributed by atoms with van der Waals surface area (Å²) in [5.41, 5.74) is 0.707. The fourth-order valence-corrected chi connectivity index (χ4v) is 2.86. The van der Waals surface area contributed by atoms with Crippen molar-refractivity contribution in [3.8, 4) is 0 Å². The van der Waals surface area contributed by atoms with E-state index < -0.39 is 17.2 Å². The molecule has 0 fully saturated rings. The van der Waals surface area contributed by atoms with Crippen LogP contribution in [-0.2, 0) is 0 Å². The number of carbonyl (C=O) groups excluding carboxylic acids is 1. The van der Waals surface area contributed by atoms with Gasteiger partial charge in [-0.2, -0.15) is 0 Å². The van der Waals surface area contributed by atoms with Crippen molar-refractivity contribution >= 4 is 33.3 Å². The Morgan fingerprint density at radius 2 is 2.14 bits per heavy atom. The van der Waals surface area contributed by atoms with Gasteiger partial charge in [-0.1, -0.05) is 0 Å². The number of halogens is 1. The second kappa shape index (κ2) is 5.34. The summed E-state index contributed by atoms with van der Waals surface area (Å²) in [6.07, 6.45) is 1.32. The van der Waals surface area contributed by atoms with Gasteiger partial charge in [0.1, 0.15) is 11.4 Å². The first kappa shape index (κ1) is 14.4. The maximum atomic E-state index is 13.3. The molecule has 5 nitrogen and oxygen atoms in total. The molecule has 1 aromatic carbocycles. The Balaban J connectivity index is 2.00. The van der Waals surface area contributed by atoms with Crippen molar-refractivity contribution in [2.45, 2.75) is 13.8 Å². The third-order valence-corrected chi connectivity index (χ3v) is 4.32. The average molecular weight is 317 g/mol. The summed E-state index contributed by atoms with van der Waals surface area (Å²) in [7, 11) is 0. The normalized spacial score (nSPS) is 10.9. The number of aromatic nitrogens is 2. The van der Waals surface area contributed by atoms with Crippen LogP contribution in [-0.4, -0.2) is 15.9 Å². The van der Waals surface area contributed by atoms with Gasteiger partial charge in [0.25, 0.3) is 5.91 Å². The molecule has 0 aliphatic carbocycles. The first-order chi connectivity index (χ1) is 10.5. The van der Waals surface area contributed by atoms with Gasteiger partial charge in [-0.05, 0) is 32.0 Å². The summed E-state index contributed by atoms with van der Waals surface area (Å²) in [4.78, 5) is 32.6. The summed E-state index contributed by atoms with van der Waals surface area (Å²) in [5, 5.41) is 3.16. The van der Waals surface area contributed by atoms with E-state index in [0.29, 0.717) is 10.6 Å². The highest BCUT2D eigenvalue weighted by molar-refractivity contribution is 7.15. The Hall–Kier alpha value is -2.54. The Morgan fingerprint density at radius 1 is 1.36 bits per heavy atom. The zero-order valence-electron chi connectivity index (χ0n) is 11.9. The number of amides is 1. The Morgan fingerprint density at radius 3 is 2.82 bits per heavy atom. The van der Waals surface area contributed by atoms with Crippen molar-refractivity contribution in [2.75, 3.05) is 5.32 Å². The number of carbonyl (C=O) groups is 1. The fourth-order valence-electron chi connectivity index (χ4n) is 2.05. The van der Waals surface area contributed by atoms with Gasteiger partial charge in [-0.15, -0.1) is 11.3 Å². The van der Waals surface area contributed by atoms with Gasteiger partial charge in [0.15, 0.2) is 5.13 Å². The van der Waals surface area contributed by atoms with Gasteiger partial charge >= 0.3 is 0 Å². The van der Waals surface area contributed by atoms with Gasteiger partial charge in [0.05, 0.1) is 5.69 Å². The topological polar surface area (TPSA) is 74.8 Å². The summed E-state index contributed by atoms with van der Waals surface area (Å²) >= 11 is 1.33. The van der Waals surface area contributed by atoms with Crippen molar-refractivity contribution < 1.29 is 9.18 Å². The minimum atomic E-state index is -0.568. The van der Waals surface area contributed by atoms with E-state index in [0.717, 1.165) is 16.6 Å². The van der Waals surface area contributed by atoms with Gasteiger partial charge < -0.3 is 4.98 Å². The highest BCUT2D eigenvalue weighted by atomic mass is 32.1. The van der Waals surface area contributed by atoms with Crippen LogP contribution in [0.1, 0.15) is 20.9 Å². The summed E-state index contributed by atoms with van der Waals surface area (Å²) in [5.74, 6) is -1.09. The lowest BCUT2D eigenvalue weighted by molar-refractivity contribution is 0.102. The number of hydrogen-bond donors (Lipinski definition) is 2. The smallest absolute Gasteiger partial charge is 0.262 e. The quantitative estimate of drug-likeness (QED) is 0.763. The molecule has 2 N–H and O–H groups in total. The molecule has 0 bridgehead atoms. The zero-order valence-corrected chi connectivity index (χ0v) is 12.7. The summed E-state index contributed by atoms with van der Waals surface area (Å²) < 4.78 is 13.3. The van der Waals surface area contributed by atoms with Crippen molar-refractivity contribution in [3.63, 3.8) is 0 Å². The van der Waals surface area contributed by atoms with Crippen LogP contribution in [0.5, 0.6) is 0 Å². The number of benzene rings is 1. The Labute approximate surface area is 128 Å². The first-order valence-corrected chi connectivity index (χ1v) is 7.33. The average Bonchev–Trinajstić information content (AvgIpc) is 2.78. The number of hydrogen-bond acceptors (Lipinski definition) is 4. The number of nitrogens with zero attached hydrogens (tertiary/aromatic N) is 1. The predicted octanol–water partition coefficient (Wildman–Crippen LogP) is 2.99. The number of aryl methyl sites for hydroxylation is 2. The minimum absolute atomic E-state index is 0.0800. The molecule has 22 heavy (non-hydrogen) atoms. The monoisotopic (exact) mass is 317 g/mol. The van der Waals surface area contributed by atoms with Crippen molar-refractivity contribution in [2.24, 2.45) is 0 Å². The molecule has 0 unspecified atom stereocenters. The maximum Gasteiger partial charge on any atom is 0.262 e. The molecule has 7 heteroatoms. The van der Waals surface area contributed by atoms with Crippen molar-refractivity contribution in [1.82, 2.24) is 9.97 Å². The predicted molar refractivity (Wildman–Crippen MR) is 84.1 cm³/mol. The number of pyridine rings is 1. The molecule has 2 heterocycles. The molecule has 0 aliphatic rings. The first-order valence-electron chi connectivity index (χ1n) is 6.52. The van der Waals surface area contributed by atoms with Crippen LogP contribution in [0, 0.1) is 19.7 Å². The second-order valence-electron chi connectivity index (χ2n) is 4.84. The third-order valence-electron chi connectivity index (χ3n) is 3.34. The number of nitrogens with one attached hydrogen (secondary N) is 2. The molecule has 3 rings (SSSR count). The van der Waals surface area contributed by atoms with Crippen LogP contribution in [0.4, 0.5) is 9.52 Å². The highest BCUT2D eigenvalue weighted by Gasteiger charge is 2.15. The molecule has 0 spiro atoms. The molecule has 0 saturated carbocycles. The highest BCUT2D eigenvalue weighted by Crippen LogP contribution is 2.21. The number of thiazole rings is 1. The standard InChI is InChI=1S/C15H12FN3O2S/c1-7-8(2)22-15(18-7)19-14(21)11-6-17-12-4-3-9(16)5-10(12)13(11)20/h3-6H,1-2H3,(H,17,20)(H,18,19,21). The molecule has 1 amide bonds. The molecule has 0 radical (unpaired) electrons. The molecule has 0 aliphatic heterocycles. The van der Waals surface area contributed by atoms with E-state index in [1.807, 2.05) is 13.8 Å². The third kappa shape index (κ3) is 2.50. The van der Waals surface area contributed by atoms with Crippen LogP contribution >= 0.6 is 11.3 Å². The minimum Gasteiger partial charge on any atom is -0.360 e. The van der Waals surface area contributed by atoms with Gasteiger partial charge in [0.2, 0.25) is 5.43 Å². The van der Waals surface area contributed by atoms with E-state index >= 15 is 0 Å².